The summed E-state index contributed by atoms with van der Waals surface area (Å²) in [7, 11) is -3.26. The number of benzene rings is 2. The number of nitrogen functional groups attached to an aromatic ring is 1. The number of rotatable bonds is 2. The Bertz CT molecular complexity index is 898. The number of anilines is 1. The molecule has 0 bridgehead atoms. The fraction of sp³-hybridized carbons (Fsp3) is 0.0714. The van der Waals surface area contributed by atoms with E-state index < -0.39 is 9.84 Å². The van der Waals surface area contributed by atoms with Crippen LogP contribution >= 0.6 is 0 Å². The van der Waals surface area contributed by atoms with E-state index in [9.17, 15) is 8.42 Å². The van der Waals surface area contributed by atoms with Crippen molar-refractivity contribution in [2.75, 3.05) is 12.0 Å². The topological polar surface area (TPSA) is 86.2 Å². The van der Waals surface area contributed by atoms with Crippen LogP contribution in [0, 0.1) is 0 Å². The fourth-order valence-electron chi connectivity index (χ4n) is 1.93. The zero-order valence-corrected chi connectivity index (χ0v) is 11.5. The third kappa shape index (κ3) is 2.25. The Kier molecular flexibility index (Phi) is 2.76. The molecule has 0 radical (unpaired) electrons. The highest BCUT2D eigenvalue weighted by Crippen LogP contribution is 2.26. The Morgan fingerprint density at radius 3 is 2.70 bits per heavy atom. The number of aromatic nitrogens is 1. The highest BCUT2D eigenvalue weighted by Gasteiger charge is 2.12. The summed E-state index contributed by atoms with van der Waals surface area (Å²) in [6.07, 6.45) is 1.17. The first kappa shape index (κ1) is 12.7. The molecule has 2 N–H and O–H groups in total. The van der Waals surface area contributed by atoms with Gasteiger partial charge in [-0.15, -0.1) is 0 Å². The van der Waals surface area contributed by atoms with E-state index in [4.69, 9.17) is 10.2 Å². The molecule has 0 aliphatic heterocycles. The maximum absolute atomic E-state index is 11.6. The molecule has 0 aliphatic carbocycles. The van der Waals surface area contributed by atoms with E-state index >= 15 is 0 Å². The van der Waals surface area contributed by atoms with Crippen molar-refractivity contribution in [2.24, 2.45) is 0 Å². The molecule has 102 valence electrons. The van der Waals surface area contributed by atoms with Crippen LogP contribution in [0.25, 0.3) is 22.6 Å². The van der Waals surface area contributed by atoms with Crippen LogP contribution in [0.15, 0.2) is 51.8 Å². The van der Waals surface area contributed by atoms with E-state index in [0.29, 0.717) is 28.2 Å². The lowest BCUT2D eigenvalue weighted by atomic mass is 10.2. The van der Waals surface area contributed by atoms with Gasteiger partial charge in [-0.25, -0.2) is 13.4 Å². The molecule has 0 fully saturated rings. The van der Waals surface area contributed by atoms with Gasteiger partial charge < -0.3 is 10.2 Å². The zero-order chi connectivity index (χ0) is 14.3. The van der Waals surface area contributed by atoms with Gasteiger partial charge in [-0.05, 0) is 36.4 Å². The van der Waals surface area contributed by atoms with Crippen LogP contribution in [-0.4, -0.2) is 19.7 Å². The predicted molar refractivity (Wildman–Crippen MR) is 77.0 cm³/mol. The van der Waals surface area contributed by atoms with Crippen molar-refractivity contribution in [1.29, 1.82) is 0 Å². The Morgan fingerprint density at radius 2 is 1.95 bits per heavy atom. The normalized spacial score (nSPS) is 11.8. The van der Waals surface area contributed by atoms with E-state index in [2.05, 4.69) is 4.98 Å². The van der Waals surface area contributed by atoms with Crippen molar-refractivity contribution in [3.05, 3.63) is 42.5 Å². The van der Waals surface area contributed by atoms with Crippen molar-refractivity contribution in [3.63, 3.8) is 0 Å². The van der Waals surface area contributed by atoms with Gasteiger partial charge in [-0.1, -0.05) is 6.07 Å². The van der Waals surface area contributed by atoms with Gasteiger partial charge in [-0.3, -0.25) is 0 Å². The molecule has 0 saturated heterocycles. The smallest absolute Gasteiger partial charge is 0.227 e. The molecule has 20 heavy (non-hydrogen) atoms. The predicted octanol–water partition coefficient (Wildman–Crippen LogP) is 2.48. The molecule has 1 heterocycles. The van der Waals surface area contributed by atoms with E-state index in [1.54, 1.807) is 42.5 Å². The van der Waals surface area contributed by atoms with Gasteiger partial charge in [0.2, 0.25) is 5.89 Å². The lowest BCUT2D eigenvalue weighted by Gasteiger charge is -2.00. The van der Waals surface area contributed by atoms with Gasteiger partial charge in [0, 0.05) is 17.5 Å². The average Bonchev–Trinajstić information content (AvgIpc) is 2.81. The Labute approximate surface area is 116 Å². The Morgan fingerprint density at radius 1 is 1.15 bits per heavy atom. The first-order valence-corrected chi connectivity index (χ1v) is 7.79. The largest absolute Gasteiger partial charge is 0.436 e. The van der Waals surface area contributed by atoms with E-state index in [-0.39, 0.29) is 4.90 Å². The van der Waals surface area contributed by atoms with Crippen molar-refractivity contribution in [1.82, 2.24) is 4.98 Å². The molecule has 6 heteroatoms. The van der Waals surface area contributed by atoms with Crippen molar-refractivity contribution < 1.29 is 12.8 Å². The quantitative estimate of drug-likeness (QED) is 0.732. The van der Waals surface area contributed by atoms with Crippen molar-refractivity contribution in [2.45, 2.75) is 4.90 Å². The highest BCUT2D eigenvalue weighted by molar-refractivity contribution is 7.90. The summed E-state index contributed by atoms with van der Waals surface area (Å²) < 4.78 is 28.7. The number of nitrogens with zero attached hydrogens (tertiary/aromatic N) is 1. The number of oxazole rings is 1. The molecule has 5 nitrogen and oxygen atoms in total. The second kappa shape index (κ2) is 4.35. The molecule has 3 rings (SSSR count). The molecule has 0 amide bonds. The molecule has 1 aromatic heterocycles. The van der Waals surface area contributed by atoms with Crippen LogP contribution in [0.1, 0.15) is 0 Å². The molecule has 0 spiro atoms. The number of nitrogens with two attached hydrogens (primary N) is 1. The van der Waals surface area contributed by atoms with Crippen LogP contribution in [0.2, 0.25) is 0 Å². The van der Waals surface area contributed by atoms with Crippen LogP contribution in [0.4, 0.5) is 5.69 Å². The van der Waals surface area contributed by atoms with E-state index in [1.165, 1.54) is 6.26 Å². The van der Waals surface area contributed by atoms with Gasteiger partial charge in [0.25, 0.3) is 0 Å². The van der Waals surface area contributed by atoms with E-state index in [0.717, 1.165) is 0 Å². The van der Waals surface area contributed by atoms with Gasteiger partial charge in [0.05, 0.1) is 4.90 Å². The fourth-order valence-corrected chi connectivity index (χ4v) is 2.59. The lowest BCUT2D eigenvalue weighted by Crippen LogP contribution is -1.96. The maximum Gasteiger partial charge on any atom is 0.227 e. The van der Waals surface area contributed by atoms with Crippen LogP contribution in [-0.2, 0) is 9.84 Å². The third-order valence-electron chi connectivity index (χ3n) is 2.92. The molecular weight excluding hydrogens is 276 g/mol. The number of hydrogen-bond donors (Lipinski definition) is 1. The number of hydrogen-bond acceptors (Lipinski definition) is 5. The summed E-state index contributed by atoms with van der Waals surface area (Å²) in [5.41, 5.74) is 8.16. The minimum atomic E-state index is -3.26. The molecule has 3 aromatic rings. The summed E-state index contributed by atoms with van der Waals surface area (Å²) in [6, 6.07) is 11.7. The second-order valence-corrected chi connectivity index (χ2v) is 6.56. The second-order valence-electron chi connectivity index (χ2n) is 4.55. The van der Waals surface area contributed by atoms with Crippen LogP contribution < -0.4 is 5.73 Å². The number of sulfone groups is 1. The summed E-state index contributed by atoms with van der Waals surface area (Å²) in [5.74, 6) is 0.371. The van der Waals surface area contributed by atoms with E-state index in [1.807, 2.05) is 0 Å². The zero-order valence-electron chi connectivity index (χ0n) is 10.7. The number of fused-ring (bicyclic) bond motifs is 1. The summed E-state index contributed by atoms with van der Waals surface area (Å²) in [6.45, 7) is 0. The monoisotopic (exact) mass is 288 g/mol. The molecule has 0 atom stereocenters. The SMILES string of the molecule is CS(=O)(=O)c1cccc(-c2nc3cc(N)ccc3o2)c1. The average molecular weight is 288 g/mol. The minimum absolute atomic E-state index is 0.233. The third-order valence-corrected chi connectivity index (χ3v) is 4.03. The highest BCUT2D eigenvalue weighted by atomic mass is 32.2. The van der Waals surface area contributed by atoms with Crippen molar-refractivity contribution >= 4 is 26.6 Å². The molecule has 2 aromatic carbocycles. The summed E-state index contributed by atoms with van der Waals surface area (Å²) >= 11 is 0. The summed E-state index contributed by atoms with van der Waals surface area (Å²) in [5, 5.41) is 0. The maximum atomic E-state index is 11.6. The van der Waals surface area contributed by atoms with Crippen molar-refractivity contribution in [3.8, 4) is 11.5 Å². The lowest BCUT2D eigenvalue weighted by molar-refractivity contribution is 0.601. The van der Waals surface area contributed by atoms with Crippen LogP contribution in [0.5, 0.6) is 0 Å². The Hall–Kier alpha value is -2.34. The van der Waals surface area contributed by atoms with Crippen LogP contribution in [0.3, 0.4) is 0 Å². The molecule has 0 aliphatic rings. The van der Waals surface area contributed by atoms with Gasteiger partial charge in [-0.2, -0.15) is 0 Å². The van der Waals surface area contributed by atoms with Gasteiger partial charge >= 0.3 is 0 Å². The Balaban J connectivity index is 2.16. The minimum Gasteiger partial charge on any atom is -0.436 e. The molecular formula is C14H12N2O3S. The van der Waals surface area contributed by atoms with Gasteiger partial charge in [0.15, 0.2) is 15.4 Å². The first-order valence-electron chi connectivity index (χ1n) is 5.90. The first-order chi connectivity index (χ1) is 9.43. The standard InChI is InChI=1S/C14H12N2O3S/c1-20(17,18)11-4-2-3-9(7-11)14-16-12-8-10(15)5-6-13(12)19-14/h2-8H,15H2,1H3. The van der Waals surface area contributed by atoms with Gasteiger partial charge in [0.1, 0.15) is 5.52 Å². The molecule has 0 unspecified atom stereocenters. The molecule has 0 saturated carbocycles. The summed E-state index contributed by atoms with van der Waals surface area (Å²) in [4.78, 5) is 4.56.